The summed E-state index contributed by atoms with van der Waals surface area (Å²) in [6.07, 6.45) is 1.29. The van der Waals surface area contributed by atoms with Crippen molar-refractivity contribution in [1.29, 1.82) is 0 Å². The van der Waals surface area contributed by atoms with Gasteiger partial charge in [-0.25, -0.2) is 0 Å². The van der Waals surface area contributed by atoms with Gasteiger partial charge >= 0.3 is 0 Å². The highest BCUT2D eigenvalue weighted by molar-refractivity contribution is 6.35. The second kappa shape index (κ2) is 6.86. The fourth-order valence-corrected chi connectivity index (χ4v) is 1.92. The molecule has 0 aliphatic rings. The normalized spacial score (nSPS) is 10.3. The van der Waals surface area contributed by atoms with Gasteiger partial charge in [-0.05, 0) is 31.0 Å². The largest absolute Gasteiger partial charge is 0.384 e. The summed E-state index contributed by atoms with van der Waals surface area (Å²) in [5, 5.41) is 4.52. The molecule has 0 unspecified atom stereocenters. The van der Waals surface area contributed by atoms with Gasteiger partial charge < -0.3 is 10.2 Å². The van der Waals surface area contributed by atoms with E-state index in [9.17, 15) is 4.79 Å². The summed E-state index contributed by atoms with van der Waals surface area (Å²) in [5.41, 5.74) is 1.76. The molecule has 0 aliphatic carbocycles. The van der Waals surface area contributed by atoms with Gasteiger partial charge in [0, 0.05) is 32.1 Å². The summed E-state index contributed by atoms with van der Waals surface area (Å²) in [6, 6.07) is 3.64. The molecule has 0 fully saturated rings. The molecular weight excluding hydrogens is 271 g/mol. The molecule has 18 heavy (non-hydrogen) atoms. The number of aryl methyl sites for hydroxylation is 1. The van der Waals surface area contributed by atoms with Crippen molar-refractivity contribution in [1.82, 2.24) is 4.90 Å². The zero-order chi connectivity index (χ0) is 13.7. The van der Waals surface area contributed by atoms with Crippen molar-refractivity contribution in [3.8, 4) is 0 Å². The fraction of sp³-hybridized carbons (Fsp3) is 0.462. The lowest BCUT2D eigenvalue weighted by Crippen LogP contribution is -2.22. The molecule has 0 saturated carbocycles. The van der Waals surface area contributed by atoms with Crippen molar-refractivity contribution < 1.29 is 4.79 Å². The van der Waals surface area contributed by atoms with E-state index in [-0.39, 0.29) is 5.91 Å². The zero-order valence-electron chi connectivity index (χ0n) is 10.9. The van der Waals surface area contributed by atoms with E-state index in [0.717, 1.165) is 17.7 Å². The molecule has 1 aromatic carbocycles. The van der Waals surface area contributed by atoms with Gasteiger partial charge in [-0.1, -0.05) is 23.2 Å². The number of carbonyl (C=O) groups is 1. The van der Waals surface area contributed by atoms with E-state index in [0.29, 0.717) is 23.0 Å². The van der Waals surface area contributed by atoms with Crippen molar-refractivity contribution in [3.63, 3.8) is 0 Å². The molecule has 0 saturated heterocycles. The number of nitrogens with one attached hydrogen (secondary N) is 1. The number of nitrogens with zero attached hydrogens (tertiary/aromatic N) is 1. The molecule has 1 rings (SSSR count). The minimum atomic E-state index is 0.129. The third kappa shape index (κ3) is 4.39. The lowest BCUT2D eigenvalue weighted by Gasteiger charge is -2.12. The first kappa shape index (κ1) is 15.1. The smallest absolute Gasteiger partial charge is 0.222 e. The van der Waals surface area contributed by atoms with Gasteiger partial charge in [-0.2, -0.15) is 0 Å². The van der Waals surface area contributed by atoms with Gasteiger partial charge in [0.2, 0.25) is 5.91 Å². The Morgan fingerprint density at radius 3 is 2.56 bits per heavy atom. The Labute approximate surface area is 118 Å². The highest BCUT2D eigenvalue weighted by atomic mass is 35.5. The Morgan fingerprint density at radius 2 is 1.94 bits per heavy atom. The Morgan fingerprint density at radius 1 is 1.28 bits per heavy atom. The summed E-state index contributed by atoms with van der Waals surface area (Å²) in [4.78, 5) is 13.0. The average Bonchev–Trinajstić information content (AvgIpc) is 2.30. The van der Waals surface area contributed by atoms with Crippen molar-refractivity contribution in [2.75, 3.05) is 26.0 Å². The third-order valence-electron chi connectivity index (χ3n) is 2.63. The number of halogens is 2. The zero-order valence-corrected chi connectivity index (χ0v) is 12.4. The van der Waals surface area contributed by atoms with E-state index in [1.165, 1.54) is 0 Å². The van der Waals surface area contributed by atoms with Crippen LogP contribution in [0.3, 0.4) is 0 Å². The van der Waals surface area contributed by atoms with Crippen molar-refractivity contribution in [3.05, 3.63) is 27.7 Å². The first-order valence-electron chi connectivity index (χ1n) is 5.81. The van der Waals surface area contributed by atoms with Crippen LogP contribution in [0.25, 0.3) is 0 Å². The molecule has 5 heteroatoms. The predicted octanol–water partition coefficient (Wildman–Crippen LogP) is 3.58. The monoisotopic (exact) mass is 288 g/mol. The fourth-order valence-electron chi connectivity index (χ4n) is 1.47. The standard InChI is InChI=1S/C13H18Cl2N2O/c1-9-7-11(15)12(8-10(9)14)16-6-4-5-13(18)17(2)3/h7-8,16H,4-6H2,1-3H3. The lowest BCUT2D eigenvalue weighted by molar-refractivity contribution is -0.128. The summed E-state index contributed by atoms with van der Waals surface area (Å²) >= 11 is 12.1. The van der Waals surface area contributed by atoms with Crippen LogP contribution in [-0.2, 0) is 4.79 Å². The SMILES string of the molecule is Cc1cc(Cl)c(NCCCC(=O)N(C)C)cc1Cl. The maximum absolute atomic E-state index is 11.4. The molecule has 0 heterocycles. The molecule has 0 bridgehead atoms. The minimum absolute atomic E-state index is 0.129. The first-order valence-corrected chi connectivity index (χ1v) is 6.57. The van der Waals surface area contributed by atoms with E-state index >= 15 is 0 Å². The molecule has 1 aromatic rings. The molecule has 1 N–H and O–H groups in total. The molecule has 0 aliphatic heterocycles. The van der Waals surface area contributed by atoms with Crippen LogP contribution in [0.1, 0.15) is 18.4 Å². The van der Waals surface area contributed by atoms with Crippen LogP contribution in [-0.4, -0.2) is 31.4 Å². The number of hydrogen-bond donors (Lipinski definition) is 1. The Hall–Kier alpha value is -0.930. The highest BCUT2D eigenvalue weighted by Crippen LogP contribution is 2.28. The molecule has 0 atom stereocenters. The summed E-state index contributed by atoms with van der Waals surface area (Å²) in [7, 11) is 3.51. The number of amides is 1. The van der Waals surface area contributed by atoms with E-state index < -0.39 is 0 Å². The number of hydrogen-bond acceptors (Lipinski definition) is 2. The maximum Gasteiger partial charge on any atom is 0.222 e. The number of anilines is 1. The molecule has 0 spiro atoms. The van der Waals surface area contributed by atoms with Crippen LogP contribution in [0.5, 0.6) is 0 Å². The Bertz CT molecular complexity index is 433. The lowest BCUT2D eigenvalue weighted by atomic mass is 10.2. The van der Waals surface area contributed by atoms with Crippen LogP contribution in [0.2, 0.25) is 10.0 Å². The van der Waals surface area contributed by atoms with Crippen LogP contribution < -0.4 is 5.32 Å². The van der Waals surface area contributed by atoms with E-state index in [1.54, 1.807) is 19.0 Å². The number of rotatable bonds is 5. The van der Waals surface area contributed by atoms with Crippen LogP contribution in [0, 0.1) is 6.92 Å². The van der Waals surface area contributed by atoms with Gasteiger partial charge in [0.05, 0.1) is 10.7 Å². The number of benzene rings is 1. The second-order valence-electron chi connectivity index (χ2n) is 4.40. The summed E-state index contributed by atoms with van der Waals surface area (Å²) in [5.74, 6) is 0.129. The second-order valence-corrected chi connectivity index (χ2v) is 5.21. The molecule has 1 amide bonds. The van der Waals surface area contributed by atoms with Gasteiger partial charge in [-0.15, -0.1) is 0 Å². The molecule has 0 radical (unpaired) electrons. The molecule has 100 valence electrons. The predicted molar refractivity (Wildman–Crippen MR) is 77.6 cm³/mol. The van der Waals surface area contributed by atoms with Crippen LogP contribution >= 0.6 is 23.2 Å². The summed E-state index contributed by atoms with van der Waals surface area (Å²) < 4.78 is 0. The number of carbonyl (C=O) groups excluding carboxylic acids is 1. The quantitative estimate of drug-likeness (QED) is 0.840. The van der Waals surface area contributed by atoms with Crippen LogP contribution in [0.4, 0.5) is 5.69 Å². The third-order valence-corrected chi connectivity index (χ3v) is 3.35. The van der Waals surface area contributed by atoms with E-state index in [1.807, 2.05) is 19.1 Å². The van der Waals surface area contributed by atoms with Crippen LogP contribution in [0.15, 0.2) is 12.1 Å². The van der Waals surface area contributed by atoms with Gasteiger partial charge in [-0.3, -0.25) is 4.79 Å². The van der Waals surface area contributed by atoms with Gasteiger partial charge in [0.25, 0.3) is 0 Å². The Kier molecular flexibility index (Phi) is 5.76. The van der Waals surface area contributed by atoms with Gasteiger partial charge in [0.15, 0.2) is 0 Å². The first-order chi connectivity index (χ1) is 8.41. The molecule has 3 nitrogen and oxygen atoms in total. The maximum atomic E-state index is 11.4. The van der Waals surface area contributed by atoms with Crippen molar-refractivity contribution >= 4 is 34.8 Å². The topological polar surface area (TPSA) is 32.3 Å². The Balaban J connectivity index is 2.45. The van der Waals surface area contributed by atoms with E-state index in [2.05, 4.69) is 5.32 Å². The molecule has 0 aromatic heterocycles. The average molecular weight is 289 g/mol. The summed E-state index contributed by atoms with van der Waals surface area (Å²) in [6.45, 7) is 2.60. The van der Waals surface area contributed by atoms with Crippen molar-refractivity contribution in [2.45, 2.75) is 19.8 Å². The van der Waals surface area contributed by atoms with E-state index in [4.69, 9.17) is 23.2 Å². The van der Waals surface area contributed by atoms with Crippen molar-refractivity contribution in [2.24, 2.45) is 0 Å². The minimum Gasteiger partial charge on any atom is -0.384 e. The highest BCUT2D eigenvalue weighted by Gasteiger charge is 2.06. The molecular formula is C13H18Cl2N2O. The van der Waals surface area contributed by atoms with Gasteiger partial charge in [0.1, 0.15) is 0 Å².